The molecule has 0 bridgehead atoms. The van der Waals surface area contributed by atoms with E-state index in [9.17, 15) is 4.79 Å². The van der Waals surface area contributed by atoms with Gasteiger partial charge in [-0.25, -0.2) is 0 Å². The molecule has 0 aliphatic rings. The third kappa shape index (κ3) is 4.25. The van der Waals surface area contributed by atoms with Crippen molar-refractivity contribution < 1.29 is 9.53 Å². The largest absolute Gasteiger partial charge is 0.484 e. The second-order valence-electron chi connectivity index (χ2n) is 4.26. The first-order valence-electron chi connectivity index (χ1n) is 5.99. The Morgan fingerprint density at radius 1 is 1.30 bits per heavy atom. The van der Waals surface area contributed by atoms with E-state index in [0.29, 0.717) is 10.8 Å². The number of halogens is 2. The van der Waals surface area contributed by atoms with E-state index in [-0.39, 0.29) is 12.5 Å². The third-order valence-electron chi connectivity index (χ3n) is 2.61. The fraction of sp³-hybridized carbons (Fsp3) is 0.133. The van der Waals surface area contributed by atoms with Crippen LogP contribution in [0.1, 0.15) is 5.56 Å². The number of anilines is 1. The monoisotopic (exact) mass is 353 g/mol. The predicted molar refractivity (Wildman–Crippen MR) is 84.5 cm³/mol. The first-order valence-corrected chi connectivity index (χ1v) is 7.16. The van der Waals surface area contributed by atoms with E-state index in [1.807, 2.05) is 31.2 Å². The van der Waals surface area contributed by atoms with Gasteiger partial charge in [-0.15, -0.1) is 0 Å². The van der Waals surface area contributed by atoms with Crippen LogP contribution < -0.4 is 10.1 Å². The molecule has 0 fully saturated rings. The van der Waals surface area contributed by atoms with Gasteiger partial charge < -0.3 is 10.1 Å². The molecule has 1 amide bonds. The smallest absolute Gasteiger partial charge is 0.262 e. The van der Waals surface area contributed by atoms with Crippen molar-refractivity contribution in [1.82, 2.24) is 0 Å². The van der Waals surface area contributed by atoms with Crippen molar-refractivity contribution in [2.24, 2.45) is 0 Å². The fourth-order valence-corrected chi connectivity index (χ4v) is 2.14. The van der Waals surface area contributed by atoms with E-state index in [1.165, 1.54) is 0 Å². The number of benzene rings is 2. The highest BCUT2D eigenvalue weighted by Gasteiger charge is 2.05. The van der Waals surface area contributed by atoms with Gasteiger partial charge in [0.05, 0.1) is 0 Å². The minimum absolute atomic E-state index is 0.0480. The van der Waals surface area contributed by atoms with Crippen molar-refractivity contribution >= 4 is 39.1 Å². The van der Waals surface area contributed by atoms with Gasteiger partial charge in [-0.1, -0.05) is 33.6 Å². The average Bonchev–Trinajstić information content (AvgIpc) is 2.40. The van der Waals surface area contributed by atoms with Gasteiger partial charge in [-0.05, 0) is 48.9 Å². The second-order valence-corrected chi connectivity index (χ2v) is 5.58. The van der Waals surface area contributed by atoms with Gasteiger partial charge in [0, 0.05) is 15.2 Å². The second kappa shape index (κ2) is 6.77. The van der Waals surface area contributed by atoms with Gasteiger partial charge in [-0.3, -0.25) is 4.79 Å². The van der Waals surface area contributed by atoms with Crippen LogP contribution in [0.4, 0.5) is 5.69 Å². The maximum atomic E-state index is 11.8. The Labute approximate surface area is 131 Å². The Morgan fingerprint density at radius 3 is 2.80 bits per heavy atom. The molecule has 1 N–H and O–H groups in total. The van der Waals surface area contributed by atoms with Crippen molar-refractivity contribution in [3.05, 3.63) is 57.5 Å². The summed E-state index contributed by atoms with van der Waals surface area (Å²) in [6.07, 6.45) is 0. The molecule has 0 aliphatic carbocycles. The maximum Gasteiger partial charge on any atom is 0.262 e. The molecule has 3 nitrogen and oxygen atoms in total. The summed E-state index contributed by atoms with van der Waals surface area (Å²) in [4.78, 5) is 11.8. The number of nitrogens with one attached hydrogen (secondary N) is 1. The summed E-state index contributed by atoms with van der Waals surface area (Å²) >= 11 is 9.27. The Kier molecular flexibility index (Phi) is 5.04. The van der Waals surface area contributed by atoms with E-state index in [4.69, 9.17) is 16.3 Å². The van der Waals surface area contributed by atoms with E-state index >= 15 is 0 Å². The van der Waals surface area contributed by atoms with Gasteiger partial charge in [0.1, 0.15) is 5.75 Å². The van der Waals surface area contributed by atoms with Gasteiger partial charge in [-0.2, -0.15) is 0 Å². The lowest BCUT2D eigenvalue weighted by molar-refractivity contribution is -0.118. The molecule has 20 heavy (non-hydrogen) atoms. The lowest BCUT2D eigenvalue weighted by Crippen LogP contribution is -2.20. The van der Waals surface area contributed by atoms with Crippen LogP contribution in [0.2, 0.25) is 5.02 Å². The van der Waals surface area contributed by atoms with Crippen LogP contribution in [0.15, 0.2) is 46.9 Å². The normalized spacial score (nSPS) is 10.2. The predicted octanol–water partition coefficient (Wildman–Crippen LogP) is 4.43. The molecule has 0 heterocycles. The topological polar surface area (TPSA) is 38.3 Å². The molecule has 0 atom stereocenters. The first kappa shape index (κ1) is 14.9. The zero-order chi connectivity index (χ0) is 14.5. The highest BCUT2D eigenvalue weighted by Crippen LogP contribution is 2.21. The highest BCUT2D eigenvalue weighted by molar-refractivity contribution is 9.10. The van der Waals surface area contributed by atoms with Crippen LogP contribution >= 0.6 is 27.5 Å². The molecule has 2 aromatic rings. The molecule has 0 radical (unpaired) electrons. The van der Waals surface area contributed by atoms with Crippen LogP contribution in [-0.4, -0.2) is 12.5 Å². The van der Waals surface area contributed by atoms with Gasteiger partial charge >= 0.3 is 0 Å². The number of rotatable bonds is 4. The average molecular weight is 355 g/mol. The van der Waals surface area contributed by atoms with Crippen molar-refractivity contribution in [2.45, 2.75) is 6.92 Å². The Bertz CT molecular complexity index is 631. The summed E-state index contributed by atoms with van der Waals surface area (Å²) in [5.74, 6) is 0.409. The highest BCUT2D eigenvalue weighted by atomic mass is 79.9. The molecular weight excluding hydrogens is 342 g/mol. The standard InChI is InChI=1S/C15H13BrClNO2/c1-10-7-13(5-6-14(10)17)20-9-15(19)18-12-4-2-3-11(16)8-12/h2-8H,9H2,1H3,(H,18,19). The van der Waals surface area contributed by atoms with Crippen LogP contribution in [-0.2, 0) is 4.79 Å². The van der Waals surface area contributed by atoms with Crippen LogP contribution in [0.25, 0.3) is 0 Å². The molecular formula is C15H13BrClNO2. The van der Waals surface area contributed by atoms with E-state index in [0.717, 1.165) is 15.7 Å². The Hall–Kier alpha value is -1.52. The number of ether oxygens (including phenoxy) is 1. The molecule has 104 valence electrons. The molecule has 5 heteroatoms. The molecule has 0 saturated heterocycles. The number of hydrogen-bond acceptors (Lipinski definition) is 2. The summed E-state index contributed by atoms with van der Waals surface area (Å²) in [5, 5.41) is 3.44. The van der Waals surface area contributed by atoms with Crippen LogP contribution in [0.5, 0.6) is 5.75 Å². The zero-order valence-electron chi connectivity index (χ0n) is 10.8. The SMILES string of the molecule is Cc1cc(OCC(=O)Nc2cccc(Br)c2)ccc1Cl. The Balaban J connectivity index is 1.90. The van der Waals surface area contributed by atoms with E-state index < -0.39 is 0 Å². The number of amides is 1. The molecule has 2 rings (SSSR count). The fourth-order valence-electron chi connectivity index (χ4n) is 1.62. The number of carbonyl (C=O) groups is 1. The summed E-state index contributed by atoms with van der Waals surface area (Å²) in [6, 6.07) is 12.7. The molecule has 0 aromatic heterocycles. The van der Waals surface area contributed by atoms with Crippen molar-refractivity contribution in [1.29, 1.82) is 0 Å². The maximum absolute atomic E-state index is 11.8. The Morgan fingerprint density at radius 2 is 2.10 bits per heavy atom. The van der Waals surface area contributed by atoms with E-state index in [2.05, 4.69) is 21.2 Å². The van der Waals surface area contributed by atoms with Gasteiger partial charge in [0.15, 0.2) is 6.61 Å². The summed E-state index contributed by atoms with van der Waals surface area (Å²) < 4.78 is 6.33. The van der Waals surface area contributed by atoms with Crippen LogP contribution in [0, 0.1) is 6.92 Å². The summed E-state index contributed by atoms with van der Waals surface area (Å²) in [5.41, 5.74) is 1.64. The number of aryl methyl sites for hydroxylation is 1. The quantitative estimate of drug-likeness (QED) is 0.882. The van der Waals surface area contributed by atoms with Crippen molar-refractivity contribution in [2.75, 3.05) is 11.9 Å². The molecule has 0 spiro atoms. The number of hydrogen-bond donors (Lipinski definition) is 1. The van der Waals surface area contributed by atoms with Crippen molar-refractivity contribution in [3.8, 4) is 5.75 Å². The van der Waals surface area contributed by atoms with Gasteiger partial charge in [0.2, 0.25) is 0 Å². The third-order valence-corrected chi connectivity index (χ3v) is 3.53. The zero-order valence-corrected chi connectivity index (χ0v) is 13.2. The van der Waals surface area contributed by atoms with Crippen molar-refractivity contribution in [3.63, 3.8) is 0 Å². The molecule has 0 saturated carbocycles. The molecule has 0 aliphatic heterocycles. The minimum Gasteiger partial charge on any atom is -0.484 e. The molecule has 0 unspecified atom stereocenters. The minimum atomic E-state index is -0.212. The first-order chi connectivity index (χ1) is 9.54. The number of carbonyl (C=O) groups excluding carboxylic acids is 1. The van der Waals surface area contributed by atoms with E-state index in [1.54, 1.807) is 18.2 Å². The summed E-state index contributed by atoms with van der Waals surface area (Å²) in [7, 11) is 0. The molecule has 2 aromatic carbocycles. The lowest BCUT2D eigenvalue weighted by atomic mass is 10.2. The summed E-state index contributed by atoms with van der Waals surface area (Å²) in [6.45, 7) is 1.84. The lowest BCUT2D eigenvalue weighted by Gasteiger charge is -2.08. The van der Waals surface area contributed by atoms with Crippen LogP contribution in [0.3, 0.4) is 0 Å². The van der Waals surface area contributed by atoms with Gasteiger partial charge in [0.25, 0.3) is 5.91 Å².